The number of fused-ring (bicyclic) bond motifs is 1. The summed E-state index contributed by atoms with van der Waals surface area (Å²) in [5, 5.41) is 1.18. The molecule has 0 bridgehead atoms. The van der Waals surface area contributed by atoms with Crippen LogP contribution in [0.15, 0.2) is 12.1 Å². The van der Waals surface area contributed by atoms with Crippen molar-refractivity contribution in [3.05, 3.63) is 22.8 Å². The zero-order chi connectivity index (χ0) is 11.0. The third-order valence-electron chi connectivity index (χ3n) is 2.38. The van der Waals surface area contributed by atoms with Gasteiger partial charge in [0.2, 0.25) is 0 Å². The summed E-state index contributed by atoms with van der Waals surface area (Å²) in [5.41, 5.74) is 2.19. The number of thiazole rings is 1. The van der Waals surface area contributed by atoms with Crippen molar-refractivity contribution >= 4 is 21.7 Å². The molecule has 2 aromatic rings. The van der Waals surface area contributed by atoms with Gasteiger partial charge in [-0.1, -0.05) is 39.0 Å². The summed E-state index contributed by atoms with van der Waals surface area (Å²) < 4.78 is 0. The van der Waals surface area contributed by atoms with Crippen molar-refractivity contribution in [2.24, 2.45) is 0 Å². The van der Waals surface area contributed by atoms with Crippen molar-refractivity contribution in [2.45, 2.75) is 39.5 Å². The molecule has 2 aromatic heterocycles. The lowest BCUT2D eigenvalue weighted by Gasteiger charge is -2.01. The predicted molar refractivity (Wildman–Crippen MR) is 65.6 cm³/mol. The summed E-state index contributed by atoms with van der Waals surface area (Å²) >= 11 is 1.71. The lowest BCUT2D eigenvalue weighted by atomic mass is 10.1. The number of aromatic nitrogens is 2. The molecule has 0 aliphatic carbocycles. The highest BCUT2D eigenvalue weighted by Crippen LogP contribution is 2.27. The number of nitrogens with zero attached hydrogens (tertiary/aromatic N) is 2. The monoisotopic (exact) mass is 220 g/mol. The van der Waals surface area contributed by atoms with Crippen LogP contribution in [-0.4, -0.2) is 9.97 Å². The maximum absolute atomic E-state index is 4.63. The van der Waals surface area contributed by atoms with E-state index in [1.165, 1.54) is 5.01 Å². The minimum Gasteiger partial charge on any atom is -0.240 e. The third kappa shape index (κ3) is 2.02. The number of hydrogen-bond donors (Lipinski definition) is 0. The van der Waals surface area contributed by atoms with E-state index in [1.54, 1.807) is 11.3 Å². The smallest absolute Gasteiger partial charge is 0.143 e. The van der Waals surface area contributed by atoms with Gasteiger partial charge in [0.1, 0.15) is 10.3 Å². The van der Waals surface area contributed by atoms with Crippen LogP contribution < -0.4 is 0 Å². The summed E-state index contributed by atoms with van der Waals surface area (Å²) in [4.78, 5) is 10.3. The Hall–Kier alpha value is -0.960. The van der Waals surface area contributed by atoms with Crippen LogP contribution in [0.3, 0.4) is 0 Å². The van der Waals surface area contributed by atoms with E-state index in [4.69, 9.17) is 0 Å². The van der Waals surface area contributed by atoms with Crippen LogP contribution in [0.25, 0.3) is 10.3 Å². The number of pyridine rings is 1. The normalized spacial score (nSPS) is 11.9. The first-order chi connectivity index (χ1) is 7.08. The van der Waals surface area contributed by atoms with E-state index in [1.807, 2.05) is 0 Å². The molecule has 15 heavy (non-hydrogen) atoms. The van der Waals surface area contributed by atoms with Crippen LogP contribution in [0.4, 0.5) is 0 Å². The Morgan fingerprint density at radius 3 is 2.33 bits per heavy atom. The second-order valence-corrected chi connectivity index (χ2v) is 5.43. The van der Waals surface area contributed by atoms with E-state index in [0.717, 1.165) is 16.0 Å². The van der Waals surface area contributed by atoms with E-state index >= 15 is 0 Å². The zero-order valence-corrected chi connectivity index (χ0v) is 10.4. The molecule has 3 heteroatoms. The SMILES string of the molecule is CC(C)c1ccc2nc(C(C)C)sc2n1. The number of rotatable bonds is 2. The Balaban J connectivity index is 2.52. The number of hydrogen-bond acceptors (Lipinski definition) is 3. The molecule has 2 heterocycles. The summed E-state index contributed by atoms with van der Waals surface area (Å²) in [7, 11) is 0. The van der Waals surface area contributed by atoms with Gasteiger partial charge in [-0.3, -0.25) is 0 Å². The van der Waals surface area contributed by atoms with Crippen molar-refractivity contribution in [3.63, 3.8) is 0 Å². The lowest BCUT2D eigenvalue weighted by molar-refractivity contribution is 0.830. The predicted octanol–water partition coefficient (Wildman–Crippen LogP) is 3.94. The zero-order valence-electron chi connectivity index (χ0n) is 9.61. The molecule has 0 saturated heterocycles. The van der Waals surface area contributed by atoms with Gasteiger partial charge in [-0.05, 0) is 18.1 Å². The molecule has 0 saturated carbocycles. The minimum absolute atomic E-state index is 0.485. The Morgan fingerprint density at radius 2 is 1.73 bits per heavy atom. The van der Waals surface area contributed by atoms with Crippen LogP contribution >= 0.6 is 11.3 Å². The average molecular weight is 220 g/mol. The Bertz CT molecular complexity index is 465. The molecule has 80 valence electrons. The summed E-state index contributed by atoms with van der Waals surface area (Å²) in [6.07, 6.45) is 0. The molecule has 0 aliphatic rings. The van der Waals surface area contributed by atoms with E-state index in [9.17, 15) is 0 Å². The van der Waals surface area contributed by atoms with Gasteiger partial charge in [-0.2, -0.15) is 0 Å². The van der Waals surface area contributed by atoms with Gasteiger partial charge in [0, 0.05) is 11.6 Å². The standard InChI is InChI=1S/C12H16N2S/c1-7(2)9-5-6-10-12(13-9)15-11(14-10)8(3)4/h5-8H,1-4H3. The fourth-order valence-electron chi connectivity index (χ4n) is 1.42. The first-order valence-corrected chi connectivity index (χ1v) is 6.17. The summed E-state index contributed by atoms with van der Waals surface area (Å²) in [6, 6.07) is 4.16. The molecular formula is C12H16N2S. The van der Waals surface area contributed by atoms with Gasteiger partial charge in [0.25, 0.3) is 0 Å². The van der Waals surface area contributed by atoms with Gasteiger partial charge in [-0.25, -0.2) is 9.97 Å². The molecule has 0 unspecified atom stereocenters. The maximum Gasteiger partial charge on any atom is 0.143 e. The summed E-state index contributed by atoms with van der Waals surface area (Å²) in [5.74, 6) is 0.977. The van der Waals surface area contributed by atoms with Crippen molar-refractivity contribution in [2.75, 3.05) is 0 Å². The molecule has 2 nitrogen and oxygen atoms in total. The van der Waals surface area contributed by atoms with Crippen LogP contribution in [0, 0.1) is 0 Å². The van der Waals surface area contributed by atoms with Crippen LogP contribution in [0.1, 0.15) is 50.2 Å². The first kappa shape index (κ1) is 10.6. The van der Waals surface area contributed by atoms with Gasteiger partial charge >= 0.3 is 0 Å². The fraction of sp³-hybridized carbons (Fsp3) is 0.500. The second-order valence-electron chi connectivity index (χ2n) is 4.42. The molecule has 2 rings (SSSR count). The van der Waals surface area contributed by atoms with Crippen molar-refractivity contribution in [1.29, 1.82) is 0 Å². The van der Waals surface area contributed by atoms with Gasteiger partial charge in [0.05, 0.1) is 5.01 Å². The van der Waals surface area contributed by atoms with E-state index in [2.05, 4.69) is 49.8 Å². The second kappa shape index (κ2) is 3.89. The Morgan fingerprint density at radius 1 is 1.00 bits per heavy atom. The van der Waals surface area contributed by atoms with E-state index in [0.29, 0.717) is 11.8 Å². The van der Waals surface area contributed by atoms with E-state index < -0.39 is 0 Å². The molecule has 0 radical (unpaired) electrons. The molecule has 0 fully saturated rings. The Labute approximate surface area is 94.4 Å². The molecular weight excluding hydrogens is 204 g/mol. The van der Waals surface area contributed by atoms with Gasteiger partial charge in [-0.15, -0.1) is 0 Å². The van der Waals surface area contributed by atoms with Gasteiger partial charge in [0.15, 0.2) is 0 Å². The lowest BCUT2D eigenvalue weighted by Crippen LogP contribution is -1.90. The molecule has 0 aliphatic heterocycles. The van der Waals surface area contributed by atoms with Gasteiger partial charge < -0.3 is 0 Å². The molecule has 0 amide bonds. The Kier molecular flexibility index (Phi) is 2.74. The van der Waals surface area contributed by atoms with E-state index in [-0.39, 0.29) is 0 Å². The van der Waals surface area contributed by atoms with Crippen LogP contribution in [0.5, 0.6) is 0 Å². The van der Waals surface area contributed by atoms with Crippen molar-refractivity contribution in [3.8, 4) is 0 Å². The first-order valence-electron chi connectivity index (χ1n) is 5.35. The molecule has 0 N–H and O–H groups in total. The largest absolute Gasteiger partial charge is 0.240 e. The fourth-order valence-corrected chi connectivity index (χ4v) is 2.36. The maximum atomic E-state index is 4.63. The average Bonchev–Trinajstić information content (AvgIpc) is 2.59. The van der Waals surface area contributed by atoms with Crippen LogP contribution in [-0.2, 0) is 0 Å². The molecule has 0 aromatic carbocycles. The minimum atomic E-state index is 0.485. The summed E-state index contributed by atoms with van der Waals surface area (Å²) in [6.45, 7) is 8.67. The van der Waals surface area contributed by atoms with Crippen LogP contribution in [0.2, 0.25) is 0 Å². The molecule has 0 spiro atoms. The molecule has 0 atom stereocenters. The highest BCUT2D eigenvalue weighted by atomic mass is 32.1. The highest BCUT2D eigenvalue weighted by molar-refractivity contribution is 7.18. The quantitative estimate of drug-likeness (QED) is 0.766. The third-order valence-corrected chi connectivity index (χ3v) is 3.64. The van der Waals surface area contributed by atoms with Crippen molar-refractivity contribution < 1.29 is 0 Å². The highest BCUT2D eigenvalue weighted by Gasteiger charge is 2.09. The topological polar surface area (TPSA) is 25.8 Å². The van der Waals surface area contributed by atoms with Crippen molar-refractivity contribution in [1.82, 2.24) is 9.97 Å².